The number of aliphatic hydroxyl groups is 1. The van der Waals surface area contributed by atoms with E-state index >= 15 is 0 Å². The third kappa shape index (κ3) is 3.92. The lowest BCUT2D eigenvalue weighted by Crippen LogP contribution is -2.23. The molecule has 5 nitrogen and oxygen atoms in total. The van der Waals surface area contributed by atoms with Crippen LogP contribution in [0.1, 0.15) is 24.0 Å². The van der Waals surface area contributed by atoms with Crippen molar-refractivity contribution in [3.05, 3.63) is 34.0 Å². The van der Waals surface area contributed by atoms with E-state index in [1.54, 1.807) is 6.92 Å². The van der Waals surface area contributed by atoms with Gasteiger partial charge in [0.15, 0.2) is 5.17 Å². The van der Waals surface area contributed by atoms with E-state index in [-0.39, 0.29) is 11.7 Å². The van der Waals surface area contributed by atoms with Crippen LogP contribution >= 0.6 is 11.8 Å². The largest absolute Gasteiger partial charge is 0.507 e. The number of thioether (sulfide) groups is 1. The second-order valence-corrected chi connectivity index (χ2v) is 6.17. The first-order valence-corrected chi connectivity index (χ1v) is 8.07. The molecule has 0 spiro atoms. The highest BCUT2D eigenvalue weighted by molar-refractivity contribution is 8.18. The number of nitrogens with zero attached hydrogens (tertiary/aromatic N) is 2. The van der Waals surface area contributed by atoms with Crippen LogP contribution in [-0.4, -0.2) is 46.4 Å². The van der Waals surface area contributed by atoms with Gasteiger partial charge in [0.05, 0.1) is 4.91 Å². The molecule has 0 aliphatic carbocycles. The summed E-state index contributed by atoms with van der Waals surface area (Å²) in [6.07, 6.45) is 3.72. The first kappa shape index (κ1) is 17.5. The second-order valence-electron chi connectivity index (χ2n) is 5.16. The Morgan fingerprint density at radius 3 is 2.61 bits per heavy atom. The normalized spacial score (nSPS) is 19.0. The Hall–Kier alpha value is -1.86. The molecule has 7 heteroatoms. The molecule has 1 aromatic carbocycles. The van der Waals surface area contributed by atoms with Gasteiger partial charge in [-0.2, -0.15) is 4.99 Å². The number of aryl methyl sites for hydroxylation is 1. The van der Waals surface area contributed by atoms with Gasteiger partial charge < -0.3 is 15.1 Å². The van der Waals surface area contributed by atoms with Crippen LogP contribution in [0, 0.1) is 12.7 Å². The van der Waals surface area contributed by atoms with E-state index in [2.05, 4.69) is 9.89 Å². The zero-order chi connectivity index (χ0) is 17.0. The van der Waals surface area contributed by atoms with Gasteiger partial charge in [-0.05, 0) is 55.3 Å². The molecule has 0 atom stereocenters. The number of halogens is 1. The highest BCUT2D eigenvalue weighted by atomic mass is 32.2. The van der Waals surface area contributed by atoms with Gasteiger partial charge >= 0.3 is 0 Å². The van der Waals surface area contributed by atoms with Crippen LogP contribution in [-0.2, 0) is 4.79 Å². The molecular weight excluding hydrogens is 319 g/mol. The SMILES string of the molecule is CO.Cc1cc(F)cc(/C=C2\SC(N3CCCC3)=NC2=O)c1O. The summed E-state index contributed by atoms with van der Waals surface area (Å²) < 4.78 is 13.4. The Balaban J connectivity index is 0.000000924. The number of hydrogen-bond acceptors (Lipinski definition) is 5. The maximum absolute atomic E-state index is 13.4. The number of rotatable bonds is 1. The van der Waals surface area contributed by atoms with E-state index in [0.29, 0.717) is 21.2 Å². The molecule has 124 valence electrons. The van der Waals surface area contributed by atoms with Crippen molar-refractivity contribution in [1.29, 1.82) is 0 Å². The molecule has 23 heavy (non-hydrogen) atoms. The minimum absolute atomic E-state index is 0.00748. The van der Waals surface area contributed by atoms with Crippen molar-refractivity contribution in [2.75, 3.05) is 20.2 Å². The Morgan fingerprint density at radius 2 is 1.96 bits per heavy atom. The van der Waals surface area contributed by atoms with Crippen LogP contribution in [0.4, 0.5) is 4.39 Å². The first-order chi connectivity index (χ1) is 11.0. The minimum atomic E-state index is -0.437. The van der Waals surface area contributed by atoms with Gasteiger partial charge in [-0.25, -0.2) is 4.39 Å². The quantitative estimate of drug-likeness (QED) is 0.770. The molecule has 3 rings (SSSR count). The predicted octanol–water partition coefficient (Wildman–Crippen LogP) is 2.51. The Kier molecular flexibility index (Phi) is 5.79. The number of aliphatic imine (C=N–C) groups is 1. The molecule has 2 aliphatic rings. The van der Waals surface area contributed by atoms with Crippen molar-refractivity contribution in [3.63, 3.8) is 0 Å². The third-order valence-corrected chi connectivity index (χ3v) is 4.61. The maximum Gasteiger partial charge on any atom is 0.286 e. The molecule has 0 radical (unpaired) electrons. The van der Waals surface area contributed by atoms with Crippen molar-refractivity contribution in [2.24, 2.45) is 4.99 Å². The fourth-order valence-electron chi connectivity index (χ4n) is 2.45. The number of carbonyl (C=O) groups excluding carboxylic acids is 1. The lowest BCUT2D eigenvalue weighted by atomic mass is 10.1. The van der Waals surface area contributed by atoms with Gasteiger partial charge in [0.2, 0.25) is 0 Å². The summed E-state index contributed by atoms with van der Waals surface area (Å²) in [6, 6.07) is 2.48. The van der Waals surface area contributed by atoms with Crippen molar-refractivity contribution in [2.45, 2.75) is 19.8 Å². The zero-order valence-corrected chi connectivity index (χ0v) is 13.9. The van der Waals surface area contributed by atoms with E-state index in [9.17, 15) is 14.3 Å². The third-order valence-electron chi connectivity index (χ3n) is 3.57. The monoisotopic (exact) mass is 338 g/mol. The fraction of sp³-hybridized carbons (Fsp3) is 0.375. The van der Waals surface area contributed by atoms with E-state index in [0.717, 1.165) is 33.0 Å². The second kappa shape index (κ2) is 7.61. The van der Waals surface area contributed by atoms with Gasteiger partial charge in [0.1, 0.15) is 11.6 Å². The van der Waals surface area contributed by atoms with Crippen LogP contribution in [0.2, 0.25) is 0 Å². The van der Waals surface area contributed by atoms with E-state index < -0.39 is 5.82 Å². The number of phenols is 1. The number of benzene rings is 1. The molecule has 0 saturated carbocycles. The molecule has 2 heterocycles. The minimum Gasteiger partial charge on any atom is -0.507 e. The zero-order valence-electron chi connectivity index (χ0n) is 13.0. The van der Waals surface area contributed by atoms with Crippen LogP contribution in [0.3, 0.4) is 0 Å². The molecule has 0 bridgehead atoms. The Labute approximate surface area is 138 Å². The van der Waals surface area contributed by atoms with Gasteiger partial charge in [-0.1, -0.05) is 0 Å². The molecule has 1 aromatic rings. The summed E-state index contributed by atoms with van der Waals surface area (Å²) >= 11 is 1.29. The number of amidine groups is 1. The Bertz CT molecular complexity index is 668. The lowest BCUT2D eigenvalue weighted by molar-refractivity contribution is -0.113. The average Bonchev–Trinajstić information content (AvgIpc) is 3.17. The number of hydrogen-bond donors (Lipinski definition) is 2. The van der Waals surface area contributed by atoms with Crippen LogP contribution in [0.15, 0.2) is 22.0 Å². The summed E-state index contributed by atoms with van der Waals surface area (Å²) in [5, 5.41) is 17.7. The van der Waals surface area contributed by atoms with Gasteiger partial charge in [0, 0.05) is 25.8 Å². The summed E-state index contributed by atoms with van der Waals surface area (Å²) in [7, 11) is 1.00. The van der Waals surface area contributed by atoms with Crippen LogP contribution in [0.5, 0.6) is 5.75 Å². The van der Waals surface area contributed by atoms with Crippen LogP contribution < -0.4 is 0 Å². The molecule has 1 saturated heterocycles. The standard InChI is InChI=1S/C15H15FN2O2S.CH4O/c1-9-6-11(16)7-10(13(9)19)8-12-14(20)17-15(21-12)18-4-2-3-5-18;1-2/h6-8,19H,2-5H2,1H3;2H,1H3/b12-8-;. The molecule has 2 aliphatic heterocycles. The van der Waals surface area contributed by atoms with E-state index in [4.69, 9.17) is 5.11 Å². The fourth-order valence-corrected chi connectivity index (χ4v) is 3.41. The number of aromatic hydroxyl groups is 1. The summed E-state index contributed by atoms with van der Waals surface area (Å²) in [5.74, 6) is -0.775. The highest BCUT2D eigenvalue weighted by Crippen LogP contribution is 2.34. The highest BCUT2D eigenvalue weighted by Gasteiger charge is 2.27. The molecule has 0 aromatic heterocycles. The van der Waals surface area contributed by atoms with Crippen molar-refractivity contribution in [3.8, 4) is 5.75 Å². The Morgan fingerprint density at radius 1 is 1.30 bits per heavy atom. The molecule has 2 N–H and O–H groups in total. The summed E-state index contributed by atoms with van der Waals surface area (Å²) in [5.41, 5.74) is 0.749. The predicted molar refractivity (Wildman–Crippen MR) is 89.8 cm³/mol. The molecule has 1 fully saturated rings. The molecule has 0 unspecified atom stereocenters. The number of likely N-dealkylation sites (tertiary alicyclic amines) is 1. The number of amides is 1. The topological polar surface area (TPSA) is 73.1 Å². The smallest absolute Gasteiger partial charge is 0.286 e. The van der Waals surface area contributed by atoms with E-state index in [1.165, 1.54) is 30.0 Å². The number of phenolic OH excluding ortho intramolecular Hbond substituents is 1. The van der Waals surface area contributed by atoms with Gasteiger partial charge in [-0.3, -0.25) is 4.79 Å². The van der Waals surface area contributed by atoms with Crippen molar-refractivity contribution in [1.82, 2.24) is 4.90 Å². The summed E-state index contributed by atoms with van der Waals surface area (Å²) in [6.45, 7) is 3.45. The number of carbonyl (C=O) groups is 1. The maximum atomic E-state index is 13.4. The molecular formula is C16H19FN2O3S. The van der Waals surface area contributed by atoms with Crippen molar-refractivity contribution >= 4 is 28.9 Å². The average molecular weight is 338 g/mol. The number of aliphatic hydroxyl groups excluding tert-OH is 1. The van der Waals surface area contributed by atoms with Crippen molar-refractivity contribution < 1.29 is 19.4 Å². The van der Waals surface area contributed by atoms with Crippen LogP contribution in [0.25, 0.3) is 6.08 Å². The lowest BCUT2D eigenvalue weighted by Gasteiger charge is -2.14. The first-order valence-electron chi connectivity index (χ1n) is 7.26. The summed E-state index contributed by atoms with van der Waals surface area (Å²) in [4.78, 5) is 18.5. The van der Waals surface area contributed by atoms with Gasteiger partial charge in [0.25, 0.3) is 5.91 Å². The molecule has 1 amide bonds. The van der Waals surface area contributed by atoms with Gasteiger partial charge in [-0.15, -0.1) is 0 Å². The van der Waals surface area contributed by atoms with E-state index in [1.807, 2.05) is 0 Å².